The molecule has 2 heterocycles. The van der Waals surface area contributed by atoms with Crippen LogP contribution in [0, 0.1) is 5.41 Å². The van der Waals surface area contributed by atoms with Crippen LogP contribution in [0.25, 0.3) is 27.5 Å². The number of rotatable bonds is 3. The lowest BCUT2D eigenvalue weighted by molar-refractivity contribution is 0.0909. The summed E-state index contributed by atoms with van der Waals surface area (Å²) >= 11 is 4.88. The number of nitrogens with zero attached hydrogens (tertiary/aromatic N) is 2. The number of ketones is 1. The van der Waals surface area contributed by atoms with Gasteiger partial charge in [-0.05, 0) is 42.2 Å². The van der Waals surface area contributed by atoms with Gasteiger partial charge in [0.15, 0.2) is 5.78 Å². The van der Waals surface area contributed by atoms with Crippen LogP contribution < -0.4 is 5.56 Å². The Bertz CT molecular complexity index is 1390. The van der Waals surface area contributed by atoms with E-state index in [1.165, 1.54) is 11.3 Å². The van der Waals surface area contributed by atoms with Gasteiger partial charge in [-0.3, -0.25) is 14.2 Å². The number of hydrogen-bond donors (Lipinski definition) is 0. The predicted octanol–water partition coefficient (Wildman–Crippen LogP) is 6.55. The third-order valence-electron chi connectivity index (χ3n) is 5.78. The molecule has 4 aromatic rings. The van der Waals surface area contributed by atoms with Gasteiger partial charge >= 0.3 is 0 Å². The van der Waals surface area contributed by atoms with Crippen molar-refractivity contribution >= 4 is 33.0 Å². The highest BCUT2D eigenvalue weighted by atomic mass is 79.9. The number of thiazole rings is 1. The summed E-state index contributed by atoms with van der Waals surface area (Å²) in [6, 6.07) is 19.2. The van der Waals surface area contributed by atoms with Crippen LogP contribution in [0.1, 0.15) is 36.3 Å². The number of benzene rings is 2. The van der Waals surface area contributed by atoms with E-state index in [1.807, 2.05) is 60.0 Å². The second kappa shape index (κ2) is 7.94. The molecule has 0 bridgehead atoms. The van der Waals surface area contributed by atoms with Crippen molar-refractivity contribution in [3.05, 3.63) is 92.1 Å². The SMILES string of the molecule is CC1(C)CC(=O)c2cc(-c3nc(-c4ccc(Br)cc4)cs3)c(=O)n(-c3ccccc3)c2C1. The highest BCUT2D eigenvalue weighted by Gasteiger charge is 2.34. The van der Waals surface area contributed by atoms with Crippen LogP contribution in [-0.2, 0) is 6.42 Å². The van der Waals surface area contributed by atoms with Crippen molar-refractivity contribution in [1.82, 2.24) is 9.55 Å². The lowest BCUT2D eigenvalue weighted by Crippen LogP contribution is -2.34. The summed E-state index contributed by atoms with van der Waals surface area (Å²) in [5.74, 6) is 0.0758. The van der Waals surface area contributed by atoms with Gasteiger partial charge in [0.1, 0.15) is 5.01 Å². The van der Waals surface area contributed by atoms with Crippen molar-refractivity contribution in [3.8, 4) is 27.5 Å². The molecule has 0 fully saturated rings. The molecule has 1 aliphatic rings. The third kappa shape index (κ3) is 3.78. The van der Waals surface area contributed by atoms with Crippen LogP contribution >= 0.6 is 27.3 Å². The van der Waals surface area contributed by atoms with Gasteiger partial charge in [-0.2, -0.15) is 0 Å². The van der Waals surface area contributed by atoms with E-state index in [-0.39, 0.29) is 16.8 Å². The van der Waals surface area contributed by atoms with E-state index >= 15 is 0 Å². The fraction of sp³-hybridized carbons (Fsp3) is 0.192. The molecule has 160 valence electrons. The molecule has 32 heavy (non-hydrogen) atoms. The molecular weight excluding hydrogens is 484 g/mol. The number of para-hydroxylation sites is 1. The van der Waals surface area contributed by atoms with Crippen LogP contribution in [-0.4, -0.2) is 15.3 Å². The Morgan fingerprint density at radius 2 is 1.69 bits per heavy atom. The smallest absolute Gasteiger partial charge is 0.265 e. The second-order valence-electron chi connectivity index (χ2n) is 8.88. The second-order valence-corrected chi connectivity index (χ2v) is 10.7. The van der Waals surface area contributed by atoms with Crippen LogP contribution in [0.4, 0.5) is 0 Å². The van der Waals surface area contributed by atoms with E-state index in [2.05, 4.69) is 29.8 Å². The Labute approximate surface area is 198 Å². The first-order valence-corrected chi connectivity index (χ1v) is 12.1. The molecule has 0 N–H and O–H groups in total. The molecule has 0 atom stereocenters. The van der Waals surface area contributed by atoms with Crippen molar-refractivity contribution in [2.45, 2.75) is 26.7 Å². The largest absolute Gasteiger partial charge is 0.294 e. The van der Waals surface area contributed by atoms with Crippen LogP contribution in [0.3, 0.4) is 0 Å². The number of aromatic nitrogens is 2. The van der Waals surface area contributed by atoms with Crippen molar-refractivity contribution in [3.63, 3.8) is 0 Å². The van der Waals surface area contributed by atoms with E-state index in [4.69, 9.17) is 4.98 Å². The first kappa shape index (κ1) is 21.0. The number of carbonyl (C=O) groups excluding carboxylic acids is 1. The molecule has 0 saturated heterocycles. The van der Waals surface area contributed by atoms with E-state index in [1.54, 1.807) is 10.6 Å². The molecule has 2 aromatic carbocycles. The Kier molecular flexibility index (Phi) is 5.22. The summed E-state index contributed by atoms with van der Waals surface area (Å²) in [5, 5.41) is 2.58. The highest BCUT2D eigenvalue weighted by molar-refractivity contribution is 9.10. The Morgan fingerprint density at radius 3 is 2.41 bits per heavy atom. The Balaban J connectivity index is 1.71. The van der Waals surface area contributed by atoms with E-state index in [9.17, 15) is 9.59 Å². The number of Topliss-reactive ketones (excluding diaryl/α,β-unsaturated/α-hetero) is 1. The van der Waals surface area contributed by atoms with Gasteiger partial charge in [-0.25, -0.2) is 4.98 Å². The van der Waals surface area contributed by atoms with Crippen LogP contribution in [0.5, 0.6) is 0 Å². The predicted molar refractivity (Wildman–Crippen MR) is 133 cm³/mol. The summed E-state index contributed by atoms with van der Waals surface area (Å²) in [4.78, 5) is 31.6. The molecule has 0 spiro atoms. The molecule has 0 unspecified atom stereocenters. The van der Waals surface area contributed by atoms with Crippen molar-refractivity contribution in [1.29, 1.82) is 0 Å². The lowest BCUT2D eigenvalue weighted by atomic mass is 9.75. The van der Waals surface area contributed by atoms with Gasteiger partial charge in [-0.15, -0.1) is 11.3 Å². The monoisotopic (exact) mass is 504 g/mol. The summed E-state index contributed by atoms with van der Waals surface area (Å²) in [7, 11) is 0. The minimum Gasteiger partial charge on any atom is -0.294 e. The number of pyridine rings is 1. The molecule has 0 radical (unpaired) electrons. The average molecular weight is 505 g/mol. The molecule has 0 amide bonds. The zero-order valence-corrected chi connectivity index (χ0v) is 20.2. The molecule has 0 aliphatic heterocycles. The van der Waals surface area contributed by atoms with Crippen molar-refractivity contribution in [2.24, 2.45) is 5.41 Å². The summed E-state index contributed by atoms with van der Waals surface area (Å²) in [6.45, 7) is 4.15. The Hall–Kier alpha value is -2.83. The molecule has 5 rings (SSSR count). The summed E-state index contributed by atoms with van der Waals surface area (Å²) in [5.41, 5.74) is 4.11. The number of halogens is 1. The quantitative estimate of drug-likeness (QED) is 0.318. The summed E-state index contributed by atoms with van der Waals surface area (Å²) < 4.78 is 2.71. The minimum absolute atomic E-state index is 0.0758. The minimum atomic E-state index is -0.190. The van der Waals surface area contributed by atoms with Gasteiger partial charge in [0.2, 0.25) is 0 Å². The number of fused-ring (bicyclic) bond motifs is 1. The van der Waals surface area contributed by atoms with Crippen molar-refractivity contribution < 1.29 is 4.79 Å². The third-order valence-corrected chi connectivity index (χ3v) is 7.18. The number of hydrogen-bond acceptors (Lipinski definition) is 4. The normalized spacial score (nSPS) is 14.9. The van der Waals surface area contributed by atoms with Crippen LogP contribution in [0.2, 0.25) is 0 Å². The van der Waals surface area contributed by atoms with Gasteiger partial charge in [0.05, 0.1) is 11.3 Å². The fourth-order valence-corrected chi connectivity index (χ4v) is 5.37. The number of carbonyl (C=O) groups is 1. The van der Waals surface area contributed by atoms with Gasteiger partial charge in [0, 0.05) is 38.8 Å². The van der Waals surface area contributed by atoms with Gasteiger partial charge < -0.3 is 0 Å². The molecule has 6 heteroatoms. The first-order valence-electron chi connectivity index (χ1n) is 10.4. The average Bonchev–Trinajstić information content (AvgIpc) is 3.24. The zero-order valence-electron chi connectivity index (χ0n) is 17.8. The van der Waals surface area contributed by atoms with E-state index in [0.717, 1.165) is 27.1 Å². The first-order chi connectivity index (χ1) is 15.3. The maximum Gasteiger partial charge on any atom is 0.265 e. The molecule has 1 aliphatic carbocycles. The Morgan fingerprint density at radius 1 is 0.969 bits per heavy atom. The topological polar surface area (TPSA) is 52.0 Å². The summed E-state index contributed by atoms with van der Waals surface area (Å²) in [6.07, 6.45) is 1.13. The van der Waals surface area contributed by atoms with Crippen LogP contribution in [0.15, 0.2) is 75.3 Å². The fourth-order valence-electron chi connectivity index (χ4n) is 4.27. The maximum atomic E-state index is 13.8. The van der Waals surface area contributed by atoms with Gasteiger partial charge in [-0.1, -0.05) is 60.1 Å². The van der Waals surface area contributed by atoms with Gasteiger partial charge in [0.25, 0.3) is 5.56 Å². The zero-order chi connectivity index (χ0) is 22.5. The molecular formula is C26H21BrN2O2S. The standard InChI is InChI=1S/C26H21BrN2O2S/c1-26(2)13-22-19(23(30)14-26)12-20(25(31)29(22)18-6-4-3-5-7-18)24-28-21(15-32-24)16-8-10-17(27)11-9-16/h3-12,15H,13-14H2,1-2H3. The van der Waals surface area contributed by atoms with E-state index < -0.39 is 0 Å². The molecule has 2 aromatic heterocycles. The maximum absolute atomic E-state index is 13.8. The molecule has 4 nitrogen and oxygen atoms in total. The lowest BCUT2D eigenvalue weighted by Gasteiger charge is -2.32. The highest BCUT2D eigenvalue weighted by Crippen LogP contribution is 2.37. The van der Waals surface area contributed by atoms with E-state index in [0.29, 0.717) is 29.0 Å². The molecule has 0 saturated carbocycles. The van der Waals surface area contributed by atoms with Crippen molar-refractivity contribution in [2.75, 3.05) is 0 Å².